The molecule has 2 fully saturated rings. The number of pyridine rings is 1. The number of carbonyl (C=O) groups is 1. The standard InChI is InChI=1S/C31H34N8O2S/c1-21-28(38-19-23(11-12-25(38)33-21)18-36-13-15-37(16-14-36)22(2)40)31-34-27(24-8-4-3-5-9-24)29(42-31)30-32-20-39(35-30)26-10-6-7-17-41-26/h3-5,8-9,11-12,19-20,26H,6-7,10,13-18H2,1-2H3. The van der Waals surface area contributed by atoms with E-state index in [-0.39, 0.29) is 12.1 Å². The Bertz CT molecular complexity index is 1710. The molecule has 0 radical (unpaired) electrons. The number of benzene rings is 1. The Labute approximate surface area is 248 Å². The van der Waals surface area contributed by atoms with Gasteiger partial charge in [0.2, 0.25) is 5.91 Å². The molecule has 42 heavy (non-hydrogen) atoms. The quantitative estimate of drug-likeness (QED) is 0.276. The summed E-state index contributed by atoms with van der Waals surface area (Å²) in [4.78, 5) is 31.8. The maximum Gasteiger partial charge on any atom is 0.219 e. The van der Waals surface area contributed by atoms with Crippen LogP contribution in [0.5, 0.6) is 0 Å². The molecular weight excluding hydrogens is 548 g/mol. The van der Waals surface area contributed by atoms with E-state index in [1.165, 1.54) is 5.56 Å². The van der Waals surface area contributed by atoms with Crippen molar-refractivity contribution in [3.63, 3.8) is 0 Å². The molecule has 6 heterocycles. The van der Waals surface area contributed by atoms with Crippen molar-refractivity contribution < 1.29 is 9.53 Å². The average molecular weight is 583 g/mol. The minimum Gasteiger partial charge on any atom is -0.356 e. The first kappa shape index (κ1) is 26.9. The first-order chi connectivity index (χ1) is 20.5. The number of hydrogen-bond donors (Lipinski definition) is 0. The van der Waals surface area contributed by atoms with Gasteiger partial charge in [0.15, 0.2) is 12.1 Å². The van der Waals surface area contributed by atoms with Crippen LogP contribution in [0.15, 0.2) is 55.0 Å². The molecule has 0 N–H and O–H groups in total. The van der Waals surface area contributed by atoms with Crippen molar-refractivity contribution in [2.75, 3.05) is 32.8 Å². The average Bonchev–Trinajstić information content (AvgIpc) is 3.75. The van der Waals surface area contributed by atoms with Gasteiger partial charge in [-0.1, -0.05) is 36.4 Å². The molecule has 7 rings (SSSR count). The molecule has 0 aliphatic carbocycles. The lowest BCUT2D eigenvalue weighted by atomic mass is 10.1. The Balaban J connectivity index is 1.24. The van der Waals surface area contributed by atoms with Gasteiger partial charge < -0.3 is 9.64 Å². The lowest BCUT2D eigenvalue weighted by Gasteiger charge is -2.34. The van der Waals surface area contributed by atoms with E-state index in [1.54, 1.807) is 24.6 Å². The number of hydrogen-bond acceptors (Lipinski definition) is 8. The second-order valence-electron chi connectivity index (χ2n) is 11.0. The number of ether oxygens (including phenoxy) is 1. The normalized spacial score (nSPS) is 18.1. The summed E-state index contributed by atoms with van der Waals surface area (Å²) >= 11 is 1.60. The molecule has 2 saturated heterocycles. The maximum absolute atomic E-state index is 11.7. The number of thiazole rings is 1. The summed E-state index contributed by atoms with van der Waals surface area (Å²) in [5, 5.41) is 5.74. The van der Waals surface area contributed by atoms with Gasteiger partial charge in [-0.2, -0.15) is 0 Å². The summed E-state index contributed by atoms with van der Waals surface area (Å²) in [6.45, 7) is 8.55. The van der Waals surface area contributed by atoms with Crippen LogP contribution < -0.4 is 0 Å². The number of rotatable bonds is 6. The number of carbonyl (C=O) groups excluding carboxylic acids is 1. The third-order valence-corrected chi connectivity index (χ3v) is 9.18. The van der Waals surface area contributed by atoms with Gasteiger partial charge in [-0.3, -0.25) is 14.1 Å². The summed E-state index contributed by atoms with van der Waals surface area (Å²) in [7, 11) is 0. The second-order valence-corrected chi connectivity index (χ2v) is 12.0. The predicted octanol–water partition coefficient (Wildman–Crippen LogP) is 5.05. The summed E-state index contributed by atoms with van der Waals surface area (Å²) in [6, 6.07) is 14.5. The first-order valence-corrected chi connectivity index (χ1v) is 15.4. The van der Waals surface area contributed by atoms with Crippen molar-refractivity contribution in [2.45, 2.75) is 45.9 Å². The number of aromatic nitrogens is 6. The number of fused-ring (bicyclic) bond motifs is 1. The van der Waals surface area contributed by atoms with Crippen LogP contribution in [0.3, 0.4) is 0 Å². The van der Waals surface area contributed by atoms with E-state index in [4.69, 9.17) is 24.8 Å². The largest absolute Gasteiger partial charge is 0.356 e. The molecule has 2 aliphatic heterocycles. The number of nitrogens with zero attached hydrogens (tertiary/aromatic N) is 8. The van der Waals surface area contributed by atoms with E-state index < -0.39 is 0 Å². The van der Waals surface area contributed by atoms with Gasteiger partial charge in [0.05, 0.1) is 11.4 Å². The van der Waals surface area contributed by atoms with Crippen LogP contribution in [0.2, 0.25) is 0 Å². The highest BCUT2D eigenvalue weighted by atomic mass is 32.1. The van der Waals surface area contributed by atoms with E-state index >= 15 is 0 Å². The van der Waals surface area contributed by atoms with E-state index in [2.05, 4.69) is 39.8 Å². The Hall–Kier alpha value is -3.93. The zero-order chi connectivity index (χ0) is 28.6. The van der Waals surface area contributed by atoms with Crippen LogP contribution in [-0.4, -0.2) is 77.6 Å². The zero-order valence-electron chi connectivity index (χ0n) is 23.9. The zero-order valence-corrected chi connectivity index (χ0v) is 24.8. The van der Waals surface area contributed by atoms with Crippen molar-refractivity contribution in [3.05, 3.63) is 66.2 Å². The Kier molecular flexibility index (Phi) is 7.31. The molecular formula is C31H34N8O2S. The first-order valence-electron chi connectivity index (χ1n) is 14.6. The van der Waals surface area contributed by atoms with Crippen LogP contribution in [0.4, 0.5) is 0 Å². The van der Waals surface area contributed by atoms with Gasteiger partial charge >= 0.3 is 0 Å². The fourth-order valence-corrected chi connectivity index (χ4v) is 6.97. The van der Waals surface area contributed by atoms with Gasteiger partial charge in [0.25, 0.3) is 0 Å². The minimum absolute atomic E-state index is 0.0718. The molecule has 216 valence electrons. The van der Waals surface area contributed by atoms with Crippen molar-refractivity contribution in [1.29, 1.82) is 0 Å². The number of aryl methyl sites for hydroxylation is 1. The smallest absolute Gasteiger partial charge is 0.219 e. The van der Waals surface area contributed by atoms with Gasteiger partial charge in [-0.15, -0.1) is 16.4 Å². The third-order valence-electron chi connectivity index (χ3n) is 8.12. The maximum atomic E-state index is 11.7. The Morgan fingerprint density at radius 3 is 2.64 bits per heavy atom. The fourth-order valence-electron chi connectivity index (χ4n) is 5.85. The highest BCUT2D eigenvalue weighted by molar-refractivity contribution is 7.18. The van der Waals surface area contributed by atoms with Crippen LogP contribution >= 0.6 is 11.3 Å². The second kappa shape index (κ2) is 11.4. The summed E-state index contributed by atoms with van der Waals surface area (Å²) in [6.07, 6.45) is 7.05. The van der Waals surface area contributed by atoms with Gasteiger partial charge in [0.1, 0.15) is 27.6 Å². The van der Waals surface area contributed by atoms with Crippen LogP contribution in [0.25, 0.3) is 38.3 Å². The van der Waals surface area contributed by atoms with Crippen molar-refractivity contribution in [3.8, 4) is 32.7 Å². The molecule has 0 saturated carbocycles. The van der Waals surface area contributed by atoms with E-state index in [1.807, 2.05) is 34.7 Å². The van der Waals surface area contributed by atoms with Crippen molar-refractivity contribution in [2.24, 2.45) is 0 Å². The summed E-state index contributed by atoms with van der Waals surface area (Å²) in [5.41, 5.74) is 5.89. The molecule has 2 aliphatic rings. The van der Waals surface area contributed by atoms with Crippen molar-refractivity contribution >= 4 is 22.9 Å². The molecule has 0 spiro atoms. The van der Waals surface area contributed by atoms with E-state index in [0.29, 0.717) is 5.82 Å². The molecule has 0 bridgehead atoms. The molecule has 5 aromatic rings. The minimum atomic E-state index is -0.0718. The van der Waals surface area contributed by atoms with E-state index in [0.717, 1.165) is 96.8 Å². The molecule has 4 aromatic heterocycles. The SMILES string of the molecule is CC(=O)N1CCN(Cc2ccc3nc(C)c(-c4nc(-c5ccccc5)c(-c5ncn(C6CCCCO6)n5)s4)n3c2)CC1. The van der Waals surface area contributed by atoms with Crippen molar-refractivity contribution in [1.82, 2.24) is 38.9 Å². The topological polar surface area (TPSA) is 93.7 Å². The number of amides is 1. The number of piperazine rings is 1. The number of imidazole rings is 1. The molecule has 1 amide bonds. The van der Waals surface area contributed by atoms with E-state index in [9.17, 15) is 4.79 Å². The van der Waals surface area contributed by atoms with Gasteiger partial charge in [-0.25, -0.2) is 19.6 Å². The Morgan fingerprint density at radius 1 is 1.05 bits per heavy atom. The lowest BCUT2D eigenvalue weighted by Crippen LogP contribution is -2.47. The lowest BCUT2D eigenvalue weighted by molar-refractivity contribution is -0.130. The molecule has 1 aromatic carbocycles. The highest BCUT2D eigenvalue weighted by Gasteiger charge is 2.25. The molecule has 11 heteroatoms. The van der Waals surface area contributed by atoms with Gasteiger partial charge in [-0.05, 0) is 37.8 Å². The molecule has 1 unspecified atom stereocenters. The van der Waals surface area contributed by atoms with Crippen LogP contribution in [0.1, 0.15) is 43.7 Å². The Morgan fingerprint density at radius 2 is 1.88 bits per heavy atom. The fraction of sp³-hybridized carbons (Fsp3) is 0.387. The summed E-state index contributed by atoms with van der Waals surface area (Å²) in [5.74, 6) is 0.806. The monoisotopic (exact) mass is 582 g/mol. The molecule has 10 nitrogen and oxygen atoms in total. The molecule has 1 atom stereocenters. The third kappa shape index (κ3) is 5.23. The van der Waals surface area contributed by atoms with Gasteiger partial charge in [0, 0.05) is 58.0 Å². The highest BCUT2D eigenvalue weighted by Crippen LogP contribution is 2.40. The van der Waals surface area contributed by atoms with Crippen LogP contribution in [-0.2, 0) is 16.1 Å². The predicted molar refractivity (Wildman–Crippen MR) is 162 cm³/mol. The van der Waals surface area contributed by atoms with Crippen LogP contribution in [0, 0.1) is 6.92 Å². The summed E-state index contributed by atoms with van der Waals surface area (Å²) < 4.78 is 9.97.